The van der Waals surface area contributed by atoms with Crippen LogP contribution in [0.2, 0.25) is 5.02 Å². The van der Waals surface area contributed by atoms with Crippen LogP contribution in [0.4, 0.5) is 5.82 Å². The van der Waals surface area contributed by atoms with Crippen molar-refractivity contribution in [2.45, 2.75) is 6.54 Å². The summed E-state index contributed by atoms with van der Waals surface area (Å²) in [6.45, 7) is 0.505. The summed E-state index contributed by atoms with van der Waals surface area (Å²) in [4.78, 5) is 15.0. The molecule has 0 fully saturated rings. The van der Waals surface area contributed by atoms with E-state index in [0.717, 1.165) is 11.3 Å². The molecule has 0 aliphatic rings. The summed E-state index contributed by atoms with van der Waals surface area (Å²) < 4.78 is 5.13. The highest BCUT2D eigenvalue weighted by atomic mass is 35.5. The number of methoxy groups -OCH3 is 1. The van der Waals surface area contributed by atoms with Crippen LogP contribution in [0.15, 0.2) is 36.5 Å². The standard InChI is InChI=1S/C14H13ClN2O3/c1-20-10-4-2-3-9(5-10)7-16-13-6-11(14(18)19)12(15)8-17-13/h2-6,8H,7H2,1H3,(H,16,17)(H,18,19). The van der Waals surface area contributed by atoms with Crippen molar-refractivity contribution in [3.05, 3.63) is 52.7 Å². The molecule has 0 radical (unpaired) electrons. The number of aromatic carboxylic acids is 1. The van der Waals surface area contributed by atoms with Gasteiger partial charge in [-0.15, -0.1) is 0 Å². The molecule has 0 unspecified atom stereocenters. The Bertz CT molecular complexity index is 632. The third-order valence-electron chi connectivity index (χ3n) is 2.69. The van der Waals surface area contributed by atoms with Crippen LogP contribution in [-0.2, 0) is 6.54 Å². The molecule has 0 aliphatic heterocycles. The lowest BCUT2D eigenvalue weighted by atomic mass is 10.2. The van der Waals surface area contributed by atoms with Crippen LogP contribution in [0.3, 0.4) is 0 Å². The number of nitrogens with one attached hydrogen (secondary N) is 1. The number of hydrogen-bond acceptors (Lipinski definition) is 4. The van der Waals surface area contributed by atoms with Crippen molar-refractivity contribution in [3.8, 4) is 5.75 Å². The first kappa shape index (κ1) is 14.1. The minimum Gasteiger partial charge on any atom is -0.497 e. The monoisotopic (exact) mass is 292 g/mol. The van der Waals surface area contributed by atoms with E-state index in [2.05, 4.69) is 10.3 Å². The molecule has 1 aromatic heterocycles. The van der Waals surface area contributed by atoms with Gasteiger partial charge in [0.25, 0.3) is 0 Å². The molecule has 20 heavy (non-hydrogen) atoms. The predicted octanol–water partition coefficient (Wildman–Crippen LogP) is 3.05. The number of pyridine rings is 1. The Morgan fingerprint density at radius 2 is 2.25 bits per heavy atom. The number of rotatable bonds is 5. The Morgan fingerprint density at radius 1 is 1.45 bits per heavy atom. The zero-order chi connectivity index (χ0) is 14.5. The molecule has 2 N–H and O–H groups in total. The largest absolute Gasteiger partial charge is 0.497 e. The van der Waals surface area contributed by atoms with Gasteiger partial charge in [0.05, 0.1) is 17.7 Å². The van der Waals surface area contributed by atoms with Gasteiger partial charge in [-0.05, 0) is 23.8 Å². The second kappa shape index (κ2) is 6.25. The van der Waals surface area contributed by atoms with Crippen molar-refractivity contribution in [2.75, 3.05) is 12.4 Å². The summed E-state index contributed by atoms with van der Waals surface area (Å²) in [5.41, 5.74) is 1.02. The second-order valence-electron chi connectivity index (χ2n) is 4.06. The molecule has 2 aromatic rings. The van der Waals surface area contributed by atoms with Crippen LogP contribution in [0.25, 0.3) is 0 Å². The highest BCUT2D eigenvalue weighted by Gasteiger charge is 2.10. The van der Waals surface area contributed by atoms with Gasteiger partial charge in [0, 0.05) is 12.7 Å². The molecule has 0 bridgehead atoms. The minimum atomic E-state index is -1.08. The zero-order valence-corrected chi connectivity index (χ0v) is 11.5. The number of ether oxygens (including phenoxy) is 1. The number of halogens is 1. The molecule has 104 valence electrons. The lowest BCUT2D eigenvalue weighted by Gasteiger charge is -2.08. The number of carboxylic acids is 1. The number of hydrogen-bond donors (Lipinski definition) is 2. The van der Waals surface area contributed by atoms with Gasteiger partial charge in [0.2, 0.25) is 0 Å². The predicted molar refractivity (Wildman–Crippen MR) is 76.5 cm³/mol. The fraction of sp³-hybridized carbons (Fsp3) is 0.143. The van der Waals surface area contributed by atoms with Crippen molar-refractivity contribution in [1.29, 1.82) is 0 Å². The number of carbonyl (C=O) groups is 1. The molecule has 0 amide bonds. The summed E-state index contributed by atoms with van der Waals surface area (Å²) >= 11 is 5.76. The van der Waals surface area contributed by atoms with E-state index in [1.165, 1.54) is 12.3 Å². The van der Waals surface area contributed by atoms with Crippen molar-refractivity contribution in [1.82, 2.24) is 4.98 Å². The molecular weight excluding hydrogens is 280 g/mol. The van der Waals surface area contributed by atoms with Gasteiger partial charge >= 0.3 is 5.97 Å². The normalized spacial score (nSPS) is 10.1. The molecule has 1 aromatic carbocycles. The number of carboxylic acid groups (broad SMARTS) is 1. The van der Waals surface area contributed by atoms with E-state index >= 15 is 0 Å². The maximum atomic E-state index is 11.0. The molecule has 0 saturated heterocycles. The van der Waals surface area contributed by atoms with Crippen molar-refractivity contribution < 1.29 is 14.6 Å². The molecule has 5 nitrogen and oxygen atoms in total. The highest BCUT2D eigenvalue weighted by molar-refractivity contribution is 6.33. The van der Waals surface area contributed by atoms with Crippen molar-refractivity contribution in [3.63, 3.8) is 0 Å². The number of nitrogens with zero attached hydrogens (tertiary/aromatic N) is 1. The zero-order valence-electron chi connectivity index (χ0n) is 10.8. The lowest BCUT2D eigenvalue weighted by Crippen LogP contribution is -2.04. The Kier molecular flexibility index (Phi) is 4.42. The van der Waals surface area contributed by atoms with Gasteiger partial charge in [0.15, 0.2) is 0 Å². The van der Waals surface area contributed by atoms with Crippen LogP contribution in [-0.4, -0.2) is 23.2 Å². The van der Waals surface area contributed by atoms with Crippen LogP contribution >= 0.6 is 11.6 Å². The van der Waals surface area contributed by atoms with Crippen LogP contribution in [0.1, 0.15) is 15.9 Å². The first-order valence-corrected chi connectivity index (χ1v) is 6.23. The minimum absolute atomic E-state index is 0.0230. The summed E-state index contributed by atoms with van der Waals surface area (Å²) in [5, 5.41) is 12.1. The van der Waals surface area contributed by atoms with Gasteiger partial charge in [-0.1, -0.05) is 23.7 Å². The number of anilines is 1. The van der Waals surface area contributed by atoms with Gasteiger partial charge in [-0.3, -0.25) is 0 Å². The summed E-state index contributed by atoms with van der Waals surface area (Å²) in [5.74, 6) is 0.135. The third kappa shape index (κ3) is 3.39. The lowest BCUT2D eigenvalue weighted by molar-refractivity contribution is 0.0697. The summed E-state index contributed by atoms with van der Waals surface area (Å²) in [6.07, 6.45) is 1.32. The molecule has 0 saturated carbocycles. The molecule has 6 heteroatoms. The van der Waals surface area contributed by atoms with E-state index in [0.29, 0.717) is 12.4 Å². The maximum Gasteiger partial charge on any atom is 0.337 e. The third-order valence-corrected chi connectivity index (χ3v) is 2.99. The Labute approximate surface area is 121 Å². The van der Waals surface area contributed by atoms with Gasteiger partial charge in [-0.2, -0.15) is 0 Å². The summed E-state index contributed by atoms with van der Waals surface area (Å²) in [6, 6.07) is 8.97. The van der Waals surface area contributed by atoms with E-state index < -0.39 is 5.97 Å². The van der Waals surface area contributed by atoms with Crippen molar-refractivity contribution in [2.24, 2.45) is 0 Å². The average Bonchev–Trinajstić information content (AvgIpc) is 2.46. The van der Waals surface area contributed by atoms with Gasteiger partial charge in [0.1, 0.15) is 11.6 Å². The molecular formula is C14H13ClN2O3. The molecule has 0 atom stereocenters. The Morgan fingerprint density at radius 3 is 2.95 bits per heavy atom. The number of aromatic nitrogens is 1. The molecule has 1 heterocycles. The molecule has 2 rings (SSSR count). The quantitative estimate of drug-likeness (QED) is 0.886. The van der Waals surface area contributed by atoms with E-state index in [9.17, 15) is 4.79 Å². The first-order chi connectivity index (χ1) is 9.60. The van der Waals surface area contributed by atoms with E-state index in [1.807, 2.05) is 24.3 Å². The Hall–Kier alpha value is -2.27. The van der Waals surface area contributed by atoms with Crippen LogP contribution < -0.4 is 10.1 Å². The second-order valence-corrected chi connectivity index (χ2v) is 4.47. The topological polar surface area (TPSA) is 71.5 Å². The van der Waals surface area contributed by atoms with Gasteiger partial charge < -0.3 is 15.2 Å². The fourth-order valence-corrected chi connectivity index (χ4v) is 1.86. The molecule has 0 aliphatic carbocycles. The number of benzene rings is 1. The summed E-state index contributed by atoms with van der Waals surface area (Å²) in [7, 11) is 1.60. The van der Waals surface area contributed by atoms with Crippen molar-refractivity contribution >= 4 is 23.4 Å². The van der Waals surface area contributed by atoms with E-state index in [1.54, 1.807) is 7.11 Å². The van der Waals surface area contributed by atoms with E-state index in [-0.39, 0.29) is 10.6 Å². The highest BCUT2D eigenvalue weighted by Crippen LogP contribution is 2.19. The Balaban J connectivity index is 2.10. The maximum absolute atomic E-state index is 11.0. The first-order valence-electron chi connectivity index (χ1n) is 5.86. The fourth-order valence-electron chi connectivity index (χ4n) is 1.67. The SMILES string of the molecule is COc1cccc(CNc2cc(C(=O)O)c(Cl)cn2)c1. The van der Waals surface area contributed by atoms with E-state index in [4.69, 9.17) is 21.4 Å². The molecule has 0 spiro atoms. The van der Waals surface area contributed by atoms with Crippen LogP contribution in [0.5, 0.6) is 5.75 Å². The smallest absolute Gasteiger partial charge is 0.337 e. The van der Waals surface area contributed by atoms with Gasteiger partial charge in [-0.25, -0.2) is 9.78 Å². The van der Waals surface area contributed by atoms with Crippen LogP contribution in [0, 0.1) is 0 Å². The average molecular weight is 293 g/mol.